The average Bonchev–Trinajstić information content (AvgIpc) is 2.23. The van der Waals surface area contributed by atoms with E-state index in [1.54, 1.807) is 6.07 Å². The molecule has 0 spiro atoms. The topological polar surface area (TPSA) is 38.9 Å². The van der Waals surface area contributed by atoms with Crippen LogP contribution in [0.1, 0.15) is 26.0 Å². The summed E-state index contributed by atoms with van der Waals surface area (Å²) >= 11 is 7.87. The van der Waals surface area contributed by atoms with Crippen molar-refractivity contribution in [3.05, 3.63) is 22.8 Å². The number of thioether (sulfide) groups is 1. The van der Waals surface area contributed by atoms with Crippen molar-refractivity contribution >= 4 is 29.2 Å². The predicted octanol–water partition coefficient (Wildman–Crippen LogP) is 3.60. The first kappa shape index (κ1) is 12.7. The van der Waals surface area contributed by atoms with Gasteiger partial charge in [-0.15, -0.1) is 0 Å². The number of nitrogens with two attached hydrogens (primary N) is 1. The quantitative estimate of drug-likeness (QED) is 0.860. The van der Waals surface area contributed by atoms with Crippen LogP contribution in [0.4, 0.5) is 5.82 Å². The highest BCUT2D eigenvalue weighted by Crippen LogP contribution is 2.22. The van der Waals surface area contributed by atoms with Gasteiger partial charge in [-0.25, -0.2) is 4.98 Å². The highest BCUT2D eigenvalue weighted by Gasteiger charge is 2.04. The van der Waals surface area contributed by atoms with Gasteiger partial charge in [0.05, 0.1) is 10.7 Å². The van der Waals surface area contributed by atoms with Crippen LogP contribution in [0.3, 0.4) is 0 Å². The molecule has 15 heavy (non-hydrogen) atoms. The van der Waals surface area contributed by atoms with Crippen LogP contribution >= 0.6 is 23.4 Å². The van der Waals surface area contributed by atoms with Gasteiger partial charge in [0.2, 0.25) is 0 Å². The Bertz CT molecular complexity index is 317. The Labute approximate surface area is 101 Å². The van der Waals surface area contributed by atoms with Crippen molar-refractivity contribution in [2.24, 2.45) is 5.92 Å². The second-order valence-corrected chi connectivity index (χ2v) is 5.13. The van der Waals surface area contributed by atoms with E-state index in [1.807, 2.05) is 17.8 Å². The van der Waals surface area contributed by atoms with E-state index in [9.17, 15) is 0 Å². The predicted molar refractivity (Wildman–Crippen MR) is 69.3 cm³/mol. The molecular weight excluding hydrogens is 228 g/mol. The second kappa shape index (κ2) is 6.23. The fourth-order valence-corrected chi connectivity index (χ4v) is 2.50. The number of hydrogen-bond donors (Lipinski definition) is 1. The normalized spacial score (nSPS) is 12.7. The fraction of sp³-hybridized carbons (Fsp3) is 0.545. The van der Waals surface area contributed by atoms with Gasteiger partial charge in [-0.3, -0.25) is 0 Å². The molecule has 84 valence electrons. The lowest BCUT2D eigenvalue weighted by Crippen LogP contribution is -1.99. The highest BCUT2D eigenvalue weighted by molar-refractivity contribution is 7.98. The van der Waals surface area contributed by atoms with Crippen LogP contribution in [-0.4, -0.2) is 10.7 Å². The SMILES string of the molecule is CCC(C)CSCc1nc(N)ccc1Cl. The lowest BCUT2D eigenvalue weighted by atomic mass is 10.2. The summed E-state index contributed by atoms with van der Waals surface area (Å²) in [6, 6.07) is 3.54. The number of nitrogen functional groups attached to an aromatic ring is 1. The molecule has 1 rings (SSSR count). The van der Waals surface area contributed by atoms with Crippen molar-refractivity contribution in [1.29, 1.82) is 0 Å². The summed E-state index contributed by atoms with van der Waals surface area (Å²) in [5, 5.41) is 0.709. The molecule has 0 aliphatic carbocycles. The number of rotatable bonds is 5. The van der Waals surface area contributed by atoms with Crippen molar-refractivity contribution in [2.45, 2.75) is 26.0 Å². The summed E-state index contributed by atoms with van der Waals surface area (Å²) in [6.45, 7) is 4.46. The summed E-state index contributed by atoms with van der Waals surface area (Å²) in [6.07, 6.45) is 1.21. The van der Waals surface area contributed by atoms with Crippen LogP contribution in [0.15, 0.2) is 12.1 Å². The smallest absolute Gasteiger partial charge is 0.123 e. The Morgan fingerprint density at radius 3 is 2.93 bits per heavy atom. The zero-order valence-corrected chi connectivity index (χ0v) is 10.7. The van der Waals surface area contributed by atoms with Crippen LogP contribution in [0, 0.1) is 5.92 Å². The molecule has 1 aromatic heterocycles. The first-order valence-electron chi connectivity index (χ1n) is 5.12. The Morgan fingerprint density at radius 1 is 1.53 bits per heavy atom. The first-order chi connectivity index (χ1) is 7.13. The maximum absolute atomic E-state index is 6.01. The highest BCUT2D eigenvalue weighted by atomic mass is 35.5. The van der Waals surface area contributed by atoms with E-state index in [2.05, 4.69) is 18.8 Å². The summed E-state index contributed by atoms with van der Waals surface area (Å²) in [4.78, 5) is 4.22. The fourth-order valence-electron chi connectivity index (χ4n) is 1.08. The van der Waals surface area contributed by atoms with Crippen LogP contribution in [0.2, 0.25) is 5.02 Å². The molecule has 0 amide bonds. The number of aromatic nitrogens is 1. The largest absolute Gasteiger partial charge is 0.384 e. The van der Waals surface area contributed by atoms with Crippen LogP contribution < -0.4 is 5.73 Å². The van der Waals surface area contributed by atoms with Gasteiger partial charge < -0.3 is 5.73 Å². The molecule has 1 heterocycles. The third-order valence-corrected chi connectivity index (χ3v) is 3.90. The number of halogens is 1. The molecule has 0 aliphatic heterocycles. The molecule has 0 aliphatic rings. The van der Waals surface area contributed by atoms with Crippen LogP contribution in [0.25, 0.3) is 0 Å². The zero-order valence-electron chi connectivity index (χ0n) is 9.16. The van der Waals surface area contributed by atoms with Crippen molar-refractivity contribution in [3.63, 3.8) is 0 Å². The van der Waals surface area contributed by atoms with Crippen molar-refractivity contribution < 1.29 is 0 Å². The lowest BCUT2D eigenvalue weighted by molar-refractivity contribution is 0.637. The van der Waals surface area contributed by atoms with Crippen LogP contribution in [-0.2, 0) is 5.75 Å². The molecule has 0 fully saturated rings. The molecule has 0 radical (unpaired) electrons. The average molecular weight is 245 g/mol. The minimum Gasteiger partial charge on any atom is -0.384 e. The van der Waals surface area contributed by atoms with Gasteiger partial charge in [0, 0.05) is 5.75 Å². The maximum Gasteiger partial charge on any atom is 0.123 e. The van der Waals surface area contributed by atoms with Crippen molar-refractivity contribution in [2.75, 3.05) is 11.5 Å². The van der Waals surface area contributed by atoms with Crippen molar-refractivity contribution in [3.8, 4) is 0 Å². The molecule has 0 bridgehead atoms. The standard InChI is InChI=1S/C11H17ClN2S/c1-3-8(2)6-15-7-10-9(12)4-5-11(13)14-10/h4-5,8H,3,6-7H2,1-2H3,(H2,13,14). The van der Waals surface area contributed by atoms with E-state index in [-0.39, 0.29) is 0 Å². The number of nitrogens with zero attached hydrogens (tertiary/aromatic N) is 1. The molecule has 1 aromatic rings. The van der Waals surface area contributed by atoms with E-state index in [4.69, 9.17) is 17.3 Å². The summed E-state index contributed by atoms with van der Waals surface area (Å²) in [5.41, 5.74) is 6.50. The number of hydrogen-bond acceptors (Lipinski definition) is 3. The summed E-state index contributed by atoms with van der Waals surface area (Å²) < 4.78 is 0. The number of pyridine rings is 1. The van der Waals surface area contributed by atoms with Gasteiger partial charge in [0.1, 0.15) is 5.82 Å². The van der Waals surface area contributed by atoms with Gasteiger partial charge in [0.15, 0.2) is 0 Å². The van der Waals surface area contributed by atoms with Crippen molar-refractivity contribution in [1.82, 2.24) is 4.98 Å². The third-order valence-electron chi connectivity index (χ3n) is 2.28. The van der Waals surface area contributed by atoms with E-state index in [0.29, 0.717) is 10.8 Å². The minimum absolute atomic E-state index is 0.540. The zero-order chi connectivity index (χ0) is 11.3. The third kappa shape index (κ3) is 4.31. The van der Waals surface area contributed by atoms with E-state index >= 15 is 0 Å². The Kier molecular flexibility index (Phi) is 5.26. The first-order valence-corrected chi connectivity index (χ1v) is 6.65. The molecule has 0 aromatic carbocycles. The van der Waals surface area contributed by atoms with Gasteiger partial charge in [-0.2, -0.15) is 11.8 Å². The second-order valence-electron chi connectivity index (χ2n) is 3.69. The number of anilines is 1. The molecule has 1 unspecified atom stereocenters. The lowest BCUT2D eigenvalue weighted by Gasteiger charge is -2.08. The molecule has 0 saturated heterocycles. The molecule has 2 nitrogen and oxygen atoms in total. The molecular formula is C11H17ClN2S. The molecule has 1 atom stereocenters. The monoisotopic (exact) mass is 244 g/mol. The van der Waals surface area contributed by atoms with Gasteiger partial charge in [-0.05, 0) is 23.8 Å². The summed E-state index contributed by atoms with van der Waals surface area (Å²) in [5.74, 6) is 3.27. The van der Waals surface area contributed by atoms with E-state index in [1.165, 1.54) is 6.42 Å². The van der Waals surface area contributed by atoms with Gasteiger partial charge in [0.25, 0.3) is 0 Å². The Hall–Kier alpha value is -0.410. The molecule has 0 saturated carbocycles. The minimum atomic E-state index is 0.540. The van der Waals surface area contributed by atoms with E-state index < -0.39 is 0 Å². The van der Waals surface area contributed by atoms with E-state index in [0.717, 1.165) is 23.1 Å². The molecule has 4 heteroatoms. The molecule has 2 N–H and O–H groups in total. The maximum atomic E-state index is 6.01. The Balaban J connectivity index is 2.46. The van der Waals surface area contributed by atoms with Crippen LogP contribution in [0.5, 0.6) is 0 Å². The van der Waals surface area contributed by atoms with Gasteiger partial charge >= 0.3 is 0 Å². The Morgan fingerprint density at radius 2 is 2.27 bits per heavy atom. The summed E-state index contributed by atoms with van der Waals surface area (Å²) in [7, 11) is 0. The van der Waals surface area contributed by atoms with Gasteiger partial charge in [-0.1, -0.05) is 31.9 Å².